The molecule has 1 fully saturated rings. The number of aliphatic hydroxyl groups is 5. The Kier molecular flexibility index (Phi) is 40.3. The van der Waals surface area contributed by atoms with Crippen LogP contribution < -0.4 is 5.32 Å². The summed E-state index contributed by atoms with van der Waals surface area (Å²) in [4.78, 5) is 13.0. The van der Waals surface area contributed by atoms with E-state index in [9.17, 15) is 30.3 Å². The van der Waals surface area contributed by atoms with Crippen LogP contribution >= 0.6 is 0 Å². The van der Waals surface area contributed by atoms with Gasteiger partial charge in [-0.25, -0.2) is 0 Å². The Morgan fingerprint density at radius 1 is 0.541 bits per heavy atom. The maximum atomic E-state index is 13.0. The third-order valence-electron chi connectivity index (χ3n) is 12.5. The van der Waals surface area contributed by atoms with E-state index in [0.717, 1.165) is 57.8 Å². The van der Waals surface area contributed by atoms with Gasteiger partial charge in [0.05, 0.1) is 25.4 Å². The third-order valence-corrected chi connectivity index (χ3v) is 12.5. The van der Waals surface area contributed by atoms with E-state index < -0.39 is 49.5 Å². The van der Waals surface area contributed by atoms with Crippen LogP contribution in [0.3, 0.4) is 0 Å². The van der Waals surface area contributed by atoms with Gasteiger partial charge in [0.1, 0.15) is 24.4 Å². The molecule has 0 spiro atoms. The molecule has 360 valence electrons. The van der Waals surface area contributed by atoms with Crippen molar-refractivity contribution >= 4 is 5.91 Å². The van der Waals surface area contributed by atoms with Crippen molar-refractivity contribution in [2.75, 3.05) is 13.2 Å². The minimum atomic E-state index is -1.57. The van der Waals surface area contributed by atoms with E-state index in [1.807, 2.05) is 6.08 Å². The zero-order valence-corrected chi connectivity index (χ0v) is 39.7. The van der Waals surface area contributed by atoms with Crippen molar-refractivity contribution in [1.82, 2.24) is 5.32 Å². The molecular formula is C52H99NO8. The maximum absolute atomic E-state index is 13.0. The minimum Gasteiger partial charge on any atom is -0.394 e. The molecule has 9 nitrogen and oxygen atoms in total. The number of hydrogen-bond acceptors (Lipinski definition) is 8. The summed E-state index contributed by atoms with van der Waals surface area (Å²) in [5, 5.41) is 54.3. The molecule has 61 heavy (non-hydrogen) atoms. The first-order valence-electron chi connectivity index (χ1n) is 26.1. The van der Waals surface area contributed by atoms with Gasteiger partial charge in [0.2, 0.25) is 5.91 Å². The van der Waals surface area contributed by atoms with E-state index in [1.54, 1.807) is 6.08 Å². The molecule has 0 radical (unpaired) electrons. The highest BCUT2D eigenvalue weighted by Crippen LogP contribution is 2.23. The Bertz CT molecular complexity index is 1010. The average molecular weight is 866 g/mol. The van der Waals surface area contributed by atoms with Crippen molar-refractivity contribution < 1.29 is 39.8 Å². The molecule has 1 amide bonds. The van der Waals surface area contributed by atoms with Crippen LogP contribution in [0, 0.1) is 0 Å². The lowest BCUT2D eigenvalue weighted by atomic mass is 9.99. The zero-order valence-electron chi connectivity index (χ0n) is 39.7. The number of rotatable bonds is 44. The lowest BCUT2D eigenvalue weighted by Gasteiger charge is -2.40. The second-order valence-electron chi connectivity index (χ2n) is 18.3. The molecule has 0 bridgehead atoms. The molecule has 7 unspecified atom stereocenters. The van der Waals surface area contributed by atoms with E-state index in [4.69, 9.17) is 9.47 Å². The standard InChI is InChI=1S/C52H99NO8/c1-3-5-7-9-11-13-15-17-18-19-20-21-22-23-24-25-26-27-28-30-31-33-35-37-39-41-46(55)45(44-60-52-51(59)50(58)49(57)47(43-54)61-52)53-48(56)42-40-38-36-34-32-29-16-14-12-10-8-6-4-2/h14,16,39,41,45-47,49-52,54-55,57-59H,3-13,15,17-38,40,42-44H2,1-2H3,(H,53,56)/b16-14-,41-39+. The van der Waals surface area contributed by atoms with Crippen LogP contribution in [0.15, 0.2) is 24.3 Å². The summed E-state index contributed by atoms with van der Waals surface area (Å²) >= 11 is 0. The summed E-state index contributed by atoms with van der Waals surface area (Å²) in [7, 11) is 0. The van der Waals surface area contributed by atoms with Gasteiger partial charge in [-0.05, 0) is 44.9 Å². The molecule has 9 heteroatoms. The number of allylic oxidation sites excluding steroid dienone is 3. The number of carbonyl (C=O) groups is 1. The summed E-state index contributed by atoms with van der Waals surface area (Å²) in [6.45, 7) is 3.77. The largest absolute Gasteiger partial charge is 0.394 e. The topological polar surface area (TPSA) is 149 Å². The first kappa shape index (κ1) is 57.7. The molecule has 0 aromatic carbocycles. The fourth-order valence-electron chi connectivity index (χ4n) is 8.33. The van der Waals surface area contributed by atoms with Crippen LogP contribution in [0.1, 0.15) is 245 Å². The molecule has 7 atom stereocenters. The van der Waals surface area contributed by atoms with Gasteiger partial charge in [-0.15, -0.1) is 0 Å². The molecule has 0 aromatic heterocycles. The molecule has 1 saturated heterocycles. The Labute approximate surface area is 375 Å². The number of ether oxygens (including phenoxy) is 2. The highest BCUT2D eigenvalue weighted by atomic mass is 16.7. The van der Waals surface area contributed by atoms with Gasteiger partial charge in [0, 0.05) is 6.42 Å². The Morgan fingerprint density at radius 2 is 0.918 bits per heavy atom. The van der Waals surface area contributed by atoms with Crippen LogP contribution in [0.2, 0.25) is 0 Å². The summed E-state index contributed by atoms with van der Waals surface area (Å²) < 4.78 is 11.2. The molecule has 0 aliphatic carbocycles. The summed E-state index contributed by atoms with van der Waals surface area (Å²) in [5.41, 5.74) is 0. The smallest absolute Gasteiger partial charge is 0.220 e. The predicted molar refractivity (Wildman–Crippen MR) is 253 cm³/mol. The molecule has 1 rings (SSSR count). The second kappa shape index (κ2) is 42.6. The highest BCUT2D eigenvalue weighted by molar-refractivity contribution is 5.76. The molecular weight excluding hydrogens is 767 g/mol. The third kappa shape index (κ3) is 32.9. The van der Waals surface area contributed by atoms with Crippen LogP contribution in [0.4, 0.5) is 0 Å². The van der Waals surface area contributed by atoms with Crippen LogP contribution in [0.5, 0.6) is 0 Å². The van der Waals surface area contributed by atoms with Crippen molar-refractivity contribution in [3.8, 4) is 0 Å². The van der Waals surface area contributed by atoms with Gasteiger partial charge in [0.15, 0.2) is 6.29 Å². The van der Waals surface area contributed by atoms with Crippen molar-refractivity contribution in [2.24, 2.45) is 0 Å². The van der Waals surface area contributed by atoms with Gasteiger partial charge in [-0.2, -0.15) is 0 Å². The first-order chi connectivity index (χ1) is 29.8. The number of amides is 1. The van der Waals surface area contributed by atoms with E-state index in [1.165, 1.54) is 167 Å². The van der Waals surface area contributed by atoms with E-state index >= 15 is 0 Å². The van der Waals surface area contributed by atoms with Crippen LogP contribution in [-0.4, -0.2) is 87.5 Å². The quantitative estimate of drug-likeness (QED) is 0.0262. The molecule has 0 saturated carbocycles. The summed E-state index contributed by atoms with van der Waals surface area (Å²) in [6, 6.07) is -0.806. The van der Waals surface area contributed by atoms with Gasteiger partial charge in [-0.3, -0.25) is 4.79 Å². The highest BCUT2D eigenvalue weighted by Gasteiger charge is 2.44. The van der Waals surface area contributed by atoms with Crippen LogP contribution in [0.25, 0.3) is 0 Å². The Hall–Kier alpha value is -1.33. The SMILES string of the molecule is CCCCCC/C=C\CCCCCCCC(=O)NC(COC1OC(CO)C(O)C(O)C1O)C(O)/C=C/CCCCCCCCCCCCCCCCCCCCCCCCC. The van der Waals surface area contributed by atoms with E-state index in [-0.39, 0.29) is 12.5 Å². The molecule has 6 N–H and O–H groups in total. The van der Waals surface area contributed by atoms with Crippen molar-refractivity contribution in [1.29, 1.82) is 0 Å². The predicted octanol–water partition coefficient (Wildman–Crippen LogP) is 11.8. The van der Waals surface area contributed by atoms with Gasteiger partial charge in [-0.1, -0.05) is 218 Å². The van der Waals surface area contributed by atoms with E-state index in [2.05, 4.69) is 31.3 Å². The monoisotopic (exact) mass is 866 g/mol. The molecule has 0 aromatic rings. The molecule has 1 aliphatic heterocycles. The van der Waals surface area contributed by atoms with Gasteiger partial charge >= 0.3 is 0 Å². The Morgan fingerprint density at radius 3 is 1.34 bits per heavy atom. The number of nitrogens with one attached hydrogen (secondary N) is 1. The normalized spacial score (nSPS) is 20.5. The fourth-order valence-corrected chi connectivity index (χ4v) is 8.33. The fraction of sp³-hybridized carbons (Fsp3) is 0.904. The number of carbonyl (C=O) groups excluding carboxylic acids is 1. The second-order valence-corrected chi connectivity index (χ2v) is 18.3. The van der Waals surface area contributed by atoms with Crippen LogP contribution in [-0.2, 0) is 14.3 Å². The summed E-state index contributed by atoms with van der Waals surface area (Å²) in [5.74, 6) is -0.185. The van der Waals surface area contributed by atoms with Crippen molar-refractivity contribution in [2.45, 2.75) is 288 Å². The number of aliphatic hydroxyl groups excluding tert-OH is 5. The van der Waals surface area contributed by atoms with Crippen molar-refractivity contribution in [3.63, 3.8) is 0 Å². The minimum absolute atomic E-state index is 0.185. The van der Waals surface area contributed by atoms with Gasteiger partial charge in [0.25, 0.3) is 0 Å². The zero-order chi connectivity index (χ0) is 44.4. The lowest BCUT2D eigenvalue weighted by molar-refractivity contribution is -0.302. The first-order valence-corrected chi connectivity index (χ1v) is 26.1. The van der Waals surface area contributed by atoms with Crippen molar-refractivity contribution in [3.05, 3.63) is 24.3 Å². The number of hydrogen-bond donors (Lipinski definition) is 6. The summed E-state index contributed by atoms with van der Waals surface area (Å²) in [6.07, 6.45) is 45.2. The molecule has 1 aliphatic rings. The van der Waals surface area contributed by atoms with E-state index in [0.29, 0.717) is 6.42 Å². The van der Waals surface area contributed by atoms with Gasteiger partial charge < -0.3 is 40.3 Å². The number of unbranched alkanes of at least 4 members (excludes halogenated alkanes) is 32. The Balaban J connectivity index is 2.24. The molecule has 1 heterocycles. The maximum Gasteiger partial charge on any atom is 0.220 e. The lowest BCUT2D eigenvalue weighted by Crippen LogP contribution is -2.60. The average Bonchev–Trinajstić information content (AvgIpc) is 3.26.